The fourth-order valence-electron chi connectivity index (χ4n) is 2.65. The maximum atomic E-state index is 12.5. The van der Waals surface area contributed by atoms with Crippen molar-refractivity contribution in [2.24, 2.45) is 0 Å². The van der Waals surface area contributed by atoms with Crippen molar-refractivity contribution in [3.05, 3.63) is 53.6 Å². The van der Waals surface area contributed by atoms with Gasteiger partial charge in [-0.3, -0.25) is 9.59 Å². The van der Waals surface area contributed by atoms with E-state index >= 15 is 0 Å². The van der Waals surface area contributed by atoms with Crippen LogP contribution in [0.2, 0.25) is 0 Å². The predicted octanol–water partition coefficient (Wildman–Crippen LogP) is 3.61. The number of nitrogens with one attached hydrogen (secondary N) is 2. The largest absolute Gasteiger partial charge is 0.489 e. The maximum Gasteiger partial charge on any atom is 0.255 e. The van der Waals surface area contributed by atoms with Gasteiger partial charge in [-0.25, -0.2) is 0 Å². The average Bonchev–Trinajstić information content (AvgIpc) is 2.55. The predicted molar refractivity (Wildman–Crippen MR) is 93.6 cm³/mol. The molecule has 0 bridgehead atoms. The van der Waals surface area contributed by atoms with Crippen LogP contribution >= 0.6 is 0 Å². The van der Waals surface area contributed by atoms with Crippen molar-refractivity contribution in [1.29, 1.82) is 0 Å². The van der Waals surface area contributed by atoms with Gasteiger partial charge in [0.25, 0.3) is 5.91 Å². The zero-order chi connectivity index (χ0) is 17.1. The molecule has 0 saturated carbocycles. The topological polar surface area (TPSA) is 67.4 Å². The average molecular weight is 324 g/mol. The van der Waals surface area contributed by atoms with Crippen molar-refractivity contribution >= 4 is 23.2 Å². The smallest absolute Gasteiger partial charge is 0.255 e. The molecule has 0 radical (unpaired) electrons. The summed E-state index contributed by atoms with van der Waals surface area (Å²) in [5.41, 5.74) is 2.96. The number of benzene rings is 2. The number of hydrogen-bond acceptors (Lipinski definition) is 3. The second kappa shape index (κ2) is 6.74. The van der Waals surface area contributed by atoms with E-state index in [0.717, 1.165) is 11.3 Å². The Morgan fingerprint density at radius 3 is 2.75 bits per heavy atom. The molecule has 124 valence electrons. The molecule has 3 rings (SSSR count). The quantitative estimate of drug-likeness (QED) is 0.903. The fraction of sp³-hybridized carbons (Fsp3) is 0.263. The van der Waals surface area contributed by atoms with Crippen LogP contribution in [-0.4, -0.2) is 17.9 Å². The third kappa shape index (κ3) is 3.56. The number of amides is 2. The molecule has 0 unspecified atom stereocenters. The van der Waals surface area contributed by atoms with Crippen molar-refractivity contribution in [3.63, 3.8) is 0 Å². The van der Waals surface area contributed by atoms with Crippen LogP contribution in [0.15, 0.2) is 42.5 Å². The Kier molecular flexibility index (Phi) is 4.51. The first kappa shape index (κ1) is 16.1. The van der Waals surface area contributed by atoms with Crippen molar-refractivity contribution in [1.82, 2.24) is 0 Å². The third-order valence-corrected chi connectivity index (χ3v) is 3.76. The first-order valence-corrected chi connectivity index (χ1v) is 8.03. The minimum Gasteiger partial charge on any atom is -0.489 e. The molecule has 0 aromatic heterocycles. The van der Waals surface area contributed by atoms with Crippen molar-refractivity contribution in [3.8, 4) is 5.75 Å². The van der Waals surface area contributed by atoms with Gasteiger partial charge in [0, 0.05) is 17.7 Å². The van der Waals surface area contributed by atoms with Gasteiger partial charge in [-0.15, -0.1) is 0 Å². The number of ether oxygens (including phenoxy) is 1. The van der Waals surface area contributed by atoms with Gasteiger partial charge >= 0.3 is 0 Å². The van der Waals surface area contributed by atoms with Crippen molar-refractivity contribution in [2.45, 2.75) is 32.8 Å². The van der Waals surface area contributed by atoms with Crippen molar-refractivity contribution in [2.75, 3.05) is 10.6 Å². The van der Waals surface area contributed by atoms with Crippen LogP contribution in [0.5, 0.6) is 5.75 Å². The van der Waals surface area contributed by atoms with E-state index in [4.69, 9.17) is 4.74 Å². The second-order valence-corrected chi connectivity index (χ2v) is 6.04. The number of carbonyl (C=O) groups is 2. The number of fused-ring (bicyclic) bond motifs is 1. The number of para-hydroxylation sites is 2. The molecule has 0 saturated heterocycles. The van der Waals surface area contributed by atoms with Gasteiger partial charge in [0.05, 0.1) is 11.8 Å². The fourth-order valence-corrected chi connectivity index (χ4v) is 2.65. The summed E-state index contributed by atoms with van der Waals surface area (Å²) in [7, 11) is 0. The van der Waals surface area contributed by atoms with E-state index in [1.165, 1.54) is 0 Å². The Morgan fingerprint density at radius 1 is 1.17 bits per heavy atom. The van der Waals surface area contributed by atoms with E-state index in [1.807, 2.05) is 44.2 Å². The highest BCUT2D eigenvalue weighted by molar-refractivity contribution is 6.06. The SMILES string of the molecule is CC(C)Oc1ccccc1NC(=O)c1ccc2c(c1)CCC(=O)N2. The summed E-state index contributed by atoms with van der Waals surface area (Å²) >= 11 is 0. The lowest BCUT2D eigenvalue weighted by atomic mass is 10.00. The molecule has 0 fully saturated rings. The number of anilines is 2. The van der Waals surface area contributed by atoms with Crippen LogP contribution in [0.4, 0.5) is 11.4 Å². The van der Waals surface area contributed by atoms with Gasteiger partial charge < -0.3 is 15.4 Å². The zero-order valence-electron chi connectivity index (χ0n) is 13.8. The summed E-state index contributed by atoms with van der Waals surface area (Å²) in [6, 6.07) is 12.7. The minimum atomic E-state index is -0.200. The number of aryl methyl sites for hydroxylation is 1. The van der Waals surface area contributed by atoms with E-state index in [0.29, 0.717) is 29.8 Å². The van der Waals surface area contributed by atoms with Crippen LogP contribution in [-0.2, 0) is 11.2 Å². The van der Waals surface area contributed by atoms with Crippen LogP contribution < -0.4 is 15.4 Å². The third-order valence-electron chi connectivity index (χ3n) is 3.76. The molecule has 24 heavy (non-hydrogen) atoms. The monoisotopic (exact) mass is 324 g/mol. The molecule has 0 atom stereocenters. The molecule has 2 N–H and O–H groups in total. The highest BCUT2D eigenvalue weighted by atomic mass is 16.5. The molecule has 0 aliphatic carbocycles. The number of hydrogen-bond donors (Lipinski definition) is 2. The van der Waals surface area contributed by atoms with Gasteiger partial charge in [-0.1, -0.05) is 12.1 Å². The first-order valence-electron chi connectivity index (χ1n) is 8.03. The molecule has 5 nitrogen and oxygen atoms in total. The highest BCUT2D eigenvalue weighted by Gasteiger charge is 2.17. The Bertz CT molecular complexity index is 784. The van der Waals surface area contributed by atoms with E-state index in [9.17, 15) is 9.59 Å². The Labute approximate surface area is 141 Å². The van der Waals surface area contributed by atoms with E-state index in [2.05, 4.69) is 10.6 Å². The second-order valence-electron chi connectivity index (χ2n) is 6.04. The zero-order valence-corrected chi connectivity index (χ0v) is 13.8. The summed E-state index contributed by atoms with van der Waals surface area (Å²) in [5, 5.41) is 5.71. The molecule has 2 aromatic rings. The summed E-state index contributed by atoms with van der Waals surface area (Å²) in [6.07, 6.45) is 1.12. The van der Waals surface area contributed by atoms with Gasteiger partial charge in [-0.2, -0.15) is 0 Å². The highest BCUT2D eigenvalue weighted by Crippen LogP contribution is 2.27. The standard InChI is InChI=1S/C19H20N2O3/c1-12(2)24-17-6-4-3-5-16(17)21-19(23)14-7-9-15-13(11-14)8-10-18(22)20-15/h3-7,9,11-12H,8,10H2,1-2H3,(H,20,22)(H,21,23). The normalized spacial score (nSPS) is 13.2. The molecule has 1 heterocycles. The lowest BCUT2D eigenvalue weighted by Crippen LogP contribution is -2.20. The molecule has 0 spiro atoms. The van der Waals surface area contributed by atoms with Crippen LogP contribution in [0, 0.1) is 0 Å². The van der Waals surface area contributed by atoms with Crippen LogP contribution in [0.25, 0.3) is 0 Å². The number of carbonyl (C=O) groups excluding carboxylic acids is 2. The summed E-state index contributed by atoms with van der Waals surface area (Å²) < 4.78 is 5.72. The van der Waals surface area contributed by atoms with E-state index in [-0.39, 0.29) is 17.9 Å². The van der Waals surface area contributed by atoms with Crippen LogP contribution in [0.1, 0.15) is 36.2 Å². The Hall–Kier alpha value is -2.82. The molecular weight excluding hydrogens is 304 g/mol. The van der Waals surface area contributed by atoms with Gasteiger partial charge in [-0.05, 0) is 56.2 Å². The van der Waals surface area contributed by atoms with E-state index < -0.39 is 0 Å². The van der Waals surface area contributed by atoms with Crippen molar-refractivity contribution < 1.29 is 14.3 Å². The summed E-state index contributed by atoms with van der Waals surface area (Å²) in [6.45, 7) is 3.88. The Morgan fingerprint density at radius 2 is 1.96 bits per heavy atom. The number of rotatable bonds is 4. The summed E-state index contributed by atoms with van der Waals surface area (Å²) in [4.78, 5) is 24.0. The van der Waals surface area contributed by atoms with Gasteiger partial charge in [0.1, 0.15) is 5.75 Å². The maximum absolute atomic E-state index is 12.5. The minimum absolute atomic E-state index is 0.0134. The molecule has 5 heteroatoms. The first-order chi connectivity index (χ1) is 11.5. The van der Waals surface area contributed by atoms with Crippen LogP contribution in [0.3, 0.4) is 0 Å². The lowest BCUT2D eigenvalue weighted by molar-refractivity contribution is -0.116. The molecule has 2 aromatic carbocycles. The van der Waals surface area contributed by atoms with Gasteiger partial charge in [0.15, 0.2) is 0 Å². The molecule has 1 aliphatic heterocycles. The van der Waals surface area contributed by atoms with Gasteiger partial charge in [0.2, 0.25) is 5.91 Å². The molecule has 1 aliphatic rings. The molecular formula is C19H20N2O3. The summed E-state index contributed by atoms with van der Waals surface area (Å²) in [5.74, 6) is 0.458. The Balaban J connectivity index is 1.80. The van der Waals surface area contributed by atoms with E-state index in [1.54, 1.807) is 12.1 Å². The molecule has 2 amide bonds. The lowest BCUT2D eigenvalue weighted by Gasteiger charge is -2.18.